The van der Waals surface area contributed by atoms with Crippen LogP contribution in [0, 0.1) is 0 Å². The van der Waals surface area contributed by atoms with Gasteiger partial charge in [0.1, 0.15) is 10.6 Å². The van der Waals surface area contributed by atoms with E-state index < -0.39 is 15.1 Å². The van der Waals surface area contributed by atoms with E-state index in [4.69, 9.17) is 16.3 Å². The van der Waals surface area contributed by atoms with Gasteiger partial charge in [-0.05, 0) is 42.8 Å². The van der Waals surface area contributed by atoms with Gasteiger partial charge in [0.05, 0.1) is 12.3 Å². The fourth-order valence-corrected chi connectivity index (χ4v) is 3.91. The minimum absolute atomic E-state index is 0.0728. The number of anilines is 1. The molecule has 23 heavy (non-hydrogen) atoms. The van der Waals surface area contributed by atoms with Crippen LogP contribution in [-0.2, 0) is 9.84 Å². The fraction of sp³-hybridized carbons (Fsp3) is 0.188. The molecule has 5 nitrogen and oxygen atoms in total. The summed E-state index contributed by atoms with van der Waals surface area (Å²) in [7, 11) is -3.90. The molecule has 0 atom stereocenters. The lowest BCUT2D eigenvalue weighted by Crippen LogP contribution is -2.30. The number of carbonyl (C=O) groups excluding carboxylic acids is 1. The van der Waals surface area contributed by atoms with Crippen molar-refractivity contribution in [2.24, 2.45) is 0 Å². The third-order valence-corrected chi connectivity index (χ3v) is 5.36. The highest BCUT2D eigenvalue weighted by atomic mass is 35.5. The molecule has 0 aliphatic carbocycles. The molecule has 1 amide bonds. The molecule has 7 heteroatoms. The number of halogens is 1. The maximum atomic E-state index is 12.1. The van der Waals surface area contributed by atoms with Crippen LogP contribution >= 0.6 is 11.6 Å². The summed E-state index contributed by atoms with van der Waals surface area (Å²) in [4.78, 5) is 13.4. The average molecular weight is 352 g/mol. The molecular formula is C16H14ClNO4S. The molecule has 0 saturated carbocycles. The summed E-state index contributed by atoms with van der Waals surface area (Å²) in [6.45, 7) is 0.649. The van der Waals surface area contributed by atoms with Crippen molar-refractivity contribution >= 4 is 32.4 Å². The Morgan fingerprint density at radius 2 is 1.74 bits per heavy atom. The number of nitrogens with zero attached hydrogens (tertiary/aromatic N) is 1. The van der Waals surface area contributed by atoms with Crippen LogP contribution in [0.3, 0.4) is 0 Å². The van der Waals surface area contributed by atoms with Gasteiger partial charge in [-0.1, -0.05) is 23.7 Å². The van der Waals surface area contributed by atoms with Crippen LogP contribution in [0.2, 0.25) is 5.02 Å². The number of para-hydroxylation sites is 1. The zero-order valence-corrected chi connectivity index (χ0v) is 13.7. The predicted molar refractivity (Wildman–Crippen MR) is 87.9 cm³/mol. The first-order valence-corrected chi connectivity index (χ1v) is 8.90. The quantitative estimate of drug-likeness (QED) is 0.773. The second-order valence-electron chi connectivity index (χ2n) is 5.04. The monoisotopic (exact) mass is 351 g/mol. The summed E-state index contributed by atoms with van der Waals surface area (Å²) in [5.41, 5.74) is 0.434. The maximum absolute atomic E-state index is 12.1. The van der Waals surface area contributed by atoms with Crippen LogP contribution in [0.15, 0.2) is 53.4 Å². The van der Waals surface area contributed by atoms with Gasteiger partial charge in [-0.25, -0.2) is 8.42 Å². The van der Waals surface area contributed by atoms with Gasteiger partial charge < -0.3 is 4.74 Å². The summed E-state index contributed by atoms with van der Waals surface area (Å²) in [5.74, 6) is 0.676. The molecule has 0 unspecified atom stereocenters. The summed E-state index contributed by atoms with van der Waals surface area (Å²) in [6, 6.07) is 13.4. The Bertz CT molecular complexity index is 833. The minimum atomic E-state index is -3.90. The molecule has 2 aromatic carbocycles. The lowest BCUT2D eigenvalue weighted by molar-refractivity contribution is 0.262. The number of benzene rings is 2. The van der Waals surface area contributed by atoms with Gasteiger partial charge in [0.2, 0.25) is 0 Å². The SMILES string of the molecule is O=C1N(CCCOc2ccc(Cl)cc2)c2ccccc2S1(=O)=O. The molecule has 0 spiro atoms. The van der Waals surface area contributed by atoms with Gasteiger partial charge in [0.25, 0.3) is 9.84 Å². The third-order valence-electron chi connectivity index (χ3n) is 3.50. The standard InChI is InChI=1S/C16H14ClNO4S/c17-12-6-8-13(9-7-12)22-11-3-10-18-14-4-1-2-5-15(14)23(20,21)16(18)19/h1-2,4-9H,3,10-11H2. The van der Waals surface area contributed by atoms with Gasteiger partial charge in [-0.15, -0.1) is 0 Å². The average Bonchev–Trinajstić information content (AvgIpc) is 2.74. The van der Waals surface area contributed by atoms with E-state index in [1.807, 2.05) is 0 Å². The number of ether oxygens (including phenoxy) is 1. The van der Waals surface area contributed by atoms with Crippen molar-refractivity contribution < 1.29 is 17.9 Å². The largest absolute Gasteiger partial charge is 0.494 e. The second-order valence-corrected chi connectivity index (χ2v) is 7.28. The molecule has 0 fully saturated rings. The molecule has 0 saturated heterocycles. The van der Waals surface area contributed by atoms with E-state index in [1.54, 1.807) is 42.5 Å². The molecule has 1 heterocycles. The van der Waals surface area contributed by atoms with Crippen LogP contribution < -0.4 is 9.64 Å². The van der Waals surface area contributed by atoms with E-state index in [0.29, 0.717) is 29.5 Å². The molecule has 2 aromatic rings. The molecule has 3 rings (SSSR count). The Hall–Kier alpha value is -2.05. The topological polar surface area (TPSA) is 63.7 Å². The van der Waals surface area contributed by atoms with Crippen LogP contribution in [0.4, 0.5) is 10.5 Å². The van der Waals surface area contributed by atoms with E-state index in [1.165, 1.54) is 11.0 Å². The Morgan fingerprint density at radius 1 is 1.04 bits per heavy atom. The summed E-state index contributed by atoms with van der Waals surface area (Å²) in [5, 5.41) is -0.244. The number of fused-ring (bicyclic) bond motifs is 1. The van der Waals surface area contributed by atoms with E-state index in [0.717, 1.165) is 0 Å². The van der Waals surface area contributed by atoms with E-state index >= 15 is 0 Å². The number of rotatable bonds is 5. The van der Waals surface area contributed by atoms with Gasteiger partial charge in [-0.3, -0.25) is 9.69 Å². The van der Waals surface area contributed by atoms with Gasteiger partial charge in [-0.2, -0.15) is 0 Å². The number of hydrogen-bond acceptors (Lipinski definition) is 4. The first-order chi connectivity index (χ1) is 11.0. The normalized spacial score (nSPS) is 15.5. The highest BCUT2D eigenvalue weighted by Gasteiger charge is 2.41. The van der Waals surface area contributed by atoms with Crippen molar-refractivity contribution in [3.8, 4) is 5.75 Å². The first-order valence-electron chi connectivity index (χ1n) is 7.04. The second kappa shape index (κ2) is 6.22. The van der Waals surface area contributed by atoms with Gasteiger partial charge in [0, 0.05) is 11.6 Å². The molecule has 0 N–H and O–H groups in total. The Kier molecular flexibility index (Phi) is 4.28. The number of amides is 1. The summed E-state index contributed by atoms with van der Waals surface area (Å²) < 4.78 is 29.6. The van der Waals surface area contributed by atoms with Crippen molar-refractivity contribution in [1.82, 2.24) is 0 Å². The molecule has 1 aliphatic heterocycles. The zero-order valence-electron chi connectivity index (χ0n) is 12.1. The molecule has 0 aromatic heterocycles. The Labute approximate surface area is 139 Å². The van der Waals surface area contributed by atoms with Crippen molar-refractivity contribution in [2.75, 3.05) is 18.1 Å². The Morgan fingerprint density at radius 3 is 2.48 bits per heavy atom. The smallest absolute Gasteiger partial charge is 0.348 e. The van der Waals surface area contributed by atoms with Crippen molar-refractivity contribution in [3.63, 3.8) is 0 Å². The van der Waals surface area contributed by atoms with Crippen LogP contribution in [0.1, 0.15) is 6.42 Å². The predicted octanol–water partition coefficient (Wildman–Crippen LogP) is 3.52. The molecular weight excluding hydrogens is 338 g/mol. The van der Waals surface area contributed by atoms with Crippen molar-refractivity contribution in [2.45, 2.75) is 11.3 Å². The number of carbonyl (C=O) groups is 1. The number of sulfone groups is 1. The third kappa shape index (κ3) is 3.04. The molecule has 0 radical (unpaired) electrons. The zero-order chi connectivity index (χ0) is 16.4. The van der Waals surface area contributed by atoms with Crippen LogP contribution in [0.25, 0.3) is 0 Å². The van der Waals surface area contributed by atoms with E-state index in [-0.39, 0.29) is 11.4 Å². The van der Waals surface area contributed by atoms with Crippen molar-refractivity contribution in [1.29, 1.82) is 0 Å². The number of hydrogen-bond donors (Lipinski definition) is 0. The lowest BCUT2D eigenvalue weighted by atomic mass is 10.3. The van der Waals surface area contributed by atoms with Gasteiger partial charge in [0.15, 0.2) is 0 Å². The van der Waals surface area contributed by atoms with Crippen LogP contribution in [0.5, 0.6) is 5.75 Å². The molecule has 1 aliphatic rings. The van der Waals surface area contributed by atoms with Crippen LogP contribution in [-0.4, -0.2) is 26.8 Å². The van der Waals surface area contributed by atoms with E-state index in [9.17, 15) is 13.2 Å². The summed E-state index contributed by atoms with van der Waals surface area (Å²) in [6.07, 6.45) is 0.512. The highest BCUT2D eigenvalue weighted by molar-refractivity contribution is 8.07. The molecule has 0 bridgehead atoms. The fourth-order valence-electron chi connectivity index (χ4n) is 2.40. The van der Waals surface area contributed by atoms with Crippen molar-refractivity contribution in [3.05, 3.63) is 53.6 Å². The maximum Gasteiger partial charge on any atom is 0.348 e. The molecule has 120 valence electrons. The Balaban J connectivity index is 1.63. The minimum Gasteiger partial charge on any atom is -0.494 e. The highest BCUT2D eigenvalue weighted by Crippen LogP contribution is 2.35. The lowest BCUT2D eigenvalue weighted by Gasteiger charge is -2.15. The summed E-state index contributed by atoms with van der Waals surface area (Å²) >= 11 is 5.79. The first kappa shape index (κ1) is 15.8. The van der Waals surface area contributed by atoms with Gasteiger partial charge >= 0.3 is 5.24 Å². The van der Waals surface area contributed by atoms with E-state index in [2.05, 4.69) is 0 Å².